The van der Waals surface area contributed by atoms with Crippen LogP contribution in [0.2, 0.25) is 0 Å². The van der Waals surface area contributed by atoms with E-state index in [0.29, 0.717) is 0 Å². The molecule has 0 aliphatic carbocycles. The average Bonchev–Trinajstić information content (AvgIpc) is 2.06. The van der Waals surface area contributed by atoms with Crippen molar-refractivity contribution in [3.63, 3.8) is 0 Å². The molecule has 1 heterocycles. The van der Waals surface area contributed by atoms with Gasteiger partial charge in [0.15, 0.2) is 0 Å². The third-order valence-electron chi connectivity index (χ3n) is 1.63. The maximum absolute atomic E-state index is 13.3. The molecular weight excluding hydrogens is 255 g/mol. The zero-order valence-corrected chi connectivity index (χ0v) is 8.91. The molecule has 0 atom stereocenters. The van der Waals surface area contributed by atoms with Crippen LogP contribution in [-0.2, 0) is 9.05 Å². The second-order valence-electron chi connectivity index (χ2n) is 2.71. The van der Waals surface area contributed by atoms with Crippen molar-refractivity contribution in [2.45, 2.75) is 18.2 Å². The van der Waals surface area contributed by atoms with Gasteiger partial charge in [0.1, 0.15) is 16.4 Å². The first kappa shape index (κ1) is 12.3. The fourth-order valence-electron chi connectivity index (χ4n) is 0.961. The van der Waals surface area contributed by atoms with Crippen LogP contribution in [0.1, 0.15) is 17.7 Å². The number of aryl methyl sites for hydroxylation is 1. The lowest BCUT2D eigenvalue weighted by Gasteiger charge is -2.07. The van der Waals surface area contributed by atoms with Gasteiger partial charge in [-0.2, -0.15) is 0 Å². The van der Waals surface area contributed by atoms with Crippen molar-refractivity contribution >= 4 is 19.7 Å². The number of nitrogens with zero attached hydrogens (tertiary/aromatic N) is 1. The summed E-state index contributed by atoms with van der Waals surface area (Å²) in [5, 5.41) is 0. The van der Waals surface area contributed by atoms with Crippen molar-refractivity contribution in [2.75, 3.05) is 0 Å². The largest absolute Gasteiger partial charge is 0.281 e. The molecule has 8 heteroatoms. The summed E-state index contributed by atoms with van der Waals surface area (Å²) in [5.41, 5.74) is -1.34. The Kier molecular flexibility index (Phi) is 3.25. The molecule has 0 unspecified atom stereocenters. The average molecular weight is 260 g/mol. The standard InChI is InChI=1S/C7H5ClF3NO2S/c1-3-2-12-5(7(10)11)6(4(3)9)15(8,13)14/h2,7H,1H3. The molecule has 0 saturated carbocycles. The fraction of sp³-hybridized carbons (Fsp3) is 0.286. The Morgan fingerprint density at radius 3 is 2.40 bits per heavy atom. The topological polar surface area (TPSA) is 47.0 Å². The van der Waals surface area contributed by atoms with Gasteiger partial charge in [-0.05, 0) is 6.92 Å². The summed E-state index contributed by atoms with van der Waals surface area (Å²) in [5.74, 6) is -1.30. The fourth-order valence-corrected chi connectivity index (χ4v) is 2.17. The number of hydrogen-bond acceptors (Lipinski definition) is 3. The van der Waals surface area contributed by atoms with Gasteiger partial charge < -0.3 is 0 Å². The second kappa shape index (κ2) is 3.97. The minimum Gasteiger partial charge on any atom is -0.253 e. The highest BCUT2D eigenvalue weighted by Gasteiger charge is 2.28. The summed E-state index contributed by atoms with van der Waals surface area (Å²) in [6.45, 7) is 1.20. The number of alkyl halides is 2. The maximum atomic E-state index is 13.3. The number of halogens is 4. The van der Waals surface area contributed by atoms with Crippen molar-refractivity contribution in [3.8, 4) is 0 Å². The van der Waals surface area contributed by atoms with Crippen molar-refractivity contribution < 1.29 is 21.6 Å². The molecule has 1 rings (SSSR count). The first-order valence-electron chi connectivity index (χ1n) is 3.63. The molecule has 0 aliphatic rings. The minimum absolute atomic E-state index is 0.168. The molecule has 0 aromatic carbocycles. The van der Waals surface area contributed by atoms with E-state index >= 15 is 0 Å². The quantitative estimate of drug-likeness (QED) is 0.766. The maximum Gasteiger partial charge on any atom is 0.281 e. The Morgan fingerprint density at radius 2 is 2.00 bits per heavy atom. The van der Waals surface area contributed by atoms with Gasteiger partial charge in [0.25, 0.3) is 15.5 Å². The molecular formula is C7H5ClF3NO2S. The molecule has 0 radical (unpaired) electrons. The normalized spacial score (nSPS) is 12.1. The van der Waals surface area contributed by atoms with Crippen molar-refractivity contribution in [1.29, 1.82) is 0 Å². The molecule has 0 aliphatic heterocycles. The monoisotopic (exact) mass is 259 g/mol. The lowest BCUT2D eigenvalue weighted by molar-refractivity contribution is 0.141. The molecule has 0 amide bonds. The molecule has 0 spiro atoms. The van der Waals surface area contributed by atoms with E-state index in [1.165, 1.54) is 6.92 Å². The lowest BCUT2D eigenvalue weighted by Crippen LogP contribution is -2.06. The third kappa shape index (κ3) is 2.40. The van der Waals surface area contributed by atoms with Crippen LogP contribution in [0.5, 0.6) is 0 Å². The van der Waals surface area contributed by atoms with Crippen molar-refractivity contribution in [3.05, 3.63) is 23.3 Å². The third-order valence-corrected chi connectivity index (χ3v) is 2.96. The van der Waals surface area contributed by atoms with E-state index < -0.39 is 31.9 Å². The van der Waals surface area contributed by atoms with Crippen LogP contribution in [0.3, 0.4) is 0 Å². The van der Waals surface area contributed by atoms with Crippen LogP contribution >= 0.6 is 10.7 Å². The van der Waals surface area contributed by atoms with E-state index in [4.69, 9.17) is 10.7 Å². The number of aromatic nitrogens is 1. The van der Waals surface area contributed by atoms with Gasteiger partial charge >= 0.3 is 0 Å². The van der Waals surface area contributed by atoms with Gasteiger partial charge in [0.2, 0.25) is 0 Å². The van der Waals surface area contributed by atoms with Crippen LogP contribution in [0.4, 0.5) is 13.2 Å². The summed E-state index contributed by atoms with van der Waals surface area (Å²) in [7, 11) is 0.267. The molecule has 3 nitrogen and oxygen atoms in total. The van der Waals surface area contributed by atoms with E-state index in [9.17, 15) is 21.6 Å². The highest BCUT2D eigenvalue weighted by Crippen LogP contribution is 2.30. The molecule has 0 N–H and O–H groups in total. The molecule has 84 valence electrons. The van der Waals surface area contributed by atoms with E-state index in [2.05, 4.69) is 4.98 Å². The zero-order chi connectivity index (χ0) is 11.8. The van der Waals surface area contributed by atoms with E-state index in [1.807, 2.05) is 0 Å². The van der Waals surface area contributed by atoms with Gasteiger partial charge in [-0.3, -0.25) is 4.98 Å². The molecule has 1 aromatic heterocycles. The SMILES string of the molecule is Cc1cnc(C(F)F)c(S(=O)(=O)Cl)c1F. The molecule has 0 fully saturated rings. The van der Waals surface area contributed by atoms with Gasteiger partial charge in [-0.25, -0.2) is 21.6 Å². The van der Waals surface area contributed by atoms with E-state index in [0.717, 1.165) is 6.20 Å². The summed E-state index contributed by atoms with van der Waals surface area (Å²) in [4.78, 5) is 1.90. The molecule has 15 heavy (non-hydrogen) atoms. The zero-order valence-electron chi connectivity index (χ0n) is 7.34. The lowest BCUT2D eigenvalue weighted by atomic mass is 10.2. The van der Waals surface area contributed by atoms with Gasteiger partial charge in [-0.15, -0.1) is 0 Å². The minimum atomic E-state index is -4.58. The molecule has 0 saturated heterocycles. The Bertz CT molecular complexity index is 489. The van der Waals surface area contributed by atoms with Gasteiger partial charge in [0.05, 0.1) is 0 Å². The number of pyridine rings is 1. The Labute approximate surface area is 88.3 Å². The Morgan fingerprint density at radius 1 is 1.47 bits per heavy atom. The number of hydrogen-bond donors (Lipinski definition) is 0. The van der Waals surface area contributed by atoms with Crippen LogP contribution in [0.15, 0.2) is 11.1 Å². The van der Waals surface area contributed by atoms with Gasteiger partial charge in [-0.1, -0.05) is 0 Å². The van der Waals surface area contributed by atoms with Crippen LogP contribution in [-0.4, -0.2) is 13.4 Å². The van der Waals surface area contributed by atoms with Crippen LogP contribution < -0.4 is 0 Å². The Hall–Kier alpha value is -0.820. The predicted octanol–water partition coefficient (Wildman–Crippen LogP) is 2.39. The first-order valence-corrected chi connectivity index (χ1v) is 5.94. The second-order valence-corrected chi connectivity index (χ2v) is 5.21. The van der Waals surface area contributed by atoms with Crippen molar-refractivity contribution in [1.82, 2.24) is 4.98 Å². The Balaban J connectivity index is 3.65. The summed E-state index contributed by atoms with van der Waals surface area (Å²) >= 11 is 0. The highest BCUT2D eigenvalue weighted by molar-refractivity contribution is 8.13. The predicted molar refractivity (Wildman–Crippen MR) is 46.9 cm³/mol. The first-order chi connectivity index (χ1) is 6.75. The summed E-state index contributed by atoms with van der Waals surface area (Å²) in [6.07, 6.45) is -2.38. The van der Waals surface area contributed by atoms with E-state index in [1.54, 1.807) is 0 Å². The van der Waals surface area contributed by atoms with Crippen LogP contribution in [0.25, 0.3) is 0 Å². The van der Waals surface area contributed by atoms with Crippen LogP contribution in [0, 0.1) is 12.7 Å². The van der Waals surface area contributed by atoms with E-state index in [-0.39, 0.29) is 5.56 Å². The molecule has 1 aromatic rings. The van der Waals surface area contributed by atoms with Gasteiger partial charge in [0, 0.05) is 22.4 Å². The number of rotatable bonds is 2. The molecule has 0 bridgehead atoms. The highest BCUT2D eigenvalue weighted by atomic mass is 35.7. The summed E-state index contributed by atoms with van der Waals surface area (Å²) in [6, 6.07) is 0. The summed E-state index contributed by atoms with van der Waals surface area (Å²) < 4.78 is 59.7. The smallest absolute Gasteiger partial charge is 0.253 e. The van der Waals surface area contributed by atoms with Crippen molar-refractivity contribution in [2.24, 2.45) is 0 Å².